The molecule has 0 fully saturated rings. The van der Waals surface area contributed by atoms with Crippen LogP contribution >= 0.6 is 11.8 Å². The van der Waals surface area contributed by atoms with E-state index in [-0.39, 0.29) is 17.6 Å². The minimum Gasteiger partial charge on any atom is -0.496 e. The number of benzene rings is 1. The van der Waals surface area contributed by atoms with E-state index in [0.29, 0.717) is 17.5 Å². The van der Waals surface area contributed by atoms with E-state index >= 15 is 0 Å². The second kappa shape index (κ2) is 8.91. The number of methoxy groups -OCH3 is 1. The first-order valence-electron chi connectivity index (χ1n) is 8.77. The van der Waals surface area contributed by atoms with Crippen LogP contribution in [0.1, 0.15) is 27.7 Å². The average Bonchev–Trinajstić information content (AvgIpc) is 3.08. The second-order valence-electron chi connectivity index (χ2n) is 6.56. The number of aromatic nitrogens is 3. The molecule has 7 nitrogen and oxygen atoms in total. The zero-order chi connectivity index (χ0) is 20.0. The van der Waals surface area contributed by atoms with Crippen molar-refractivity contribution < 1.29 is 9.53 Å². The predicted octanol–water partition coefficient (Wildman–Crippen LogP) is 3.12. The molecule has 0 radical (unpaired) electrons. The molecule has 8 heteroatoms. The number of ether oxygens (including phenoxy) is 1. The van der Waals surface area contributed by atoms with E-state index < -0.39 is 5.54 Å². The molecular weight excluding hydrogens is 362 g/mol. The fourth-order valence-electron chi connectivity index (χ4n) is 2.47. The van der Waals surface area contributed by atoms with Gasteiger partial charge in [-0.1, -0.05) is 37.7 Å². The maximum Gasteiger partial charge on any atom is 0.231 e. The van der Waals surface area contributed by atoms with Gasteiger partial charge in [0.15, 0.2) is 11.0 Å². The van der Waals surface area contributed by atoms with Crippen molar-refractivity contribution in [2.24, 2.45) is 5.92 Å². The van der Waals surface area contributed by atoms with Crippen LogP contribution < -0.4 is 10.1 Å². The summed E-state index contributed by atoms with van der Waals surface area (Å²) < 4.78 is 7.36. The van der Waals surface area contributed by atoms with Gasteiger partial charge >= 0.3 is 0 Å². The number of carbonyl (C=O) groups excluding carboxylic acids is 1. The minimum absolute atomic E-state index is 0.00731. The standard InChI is InChI=1S/C19H25N5O2S/c1-6-24-17(14-9-7-8-10-15(14)26-5)22-23-18(24)27-11-16(25)21-19(4,12-20)13(2)3/h7-10,13H,6,11H2,1-5H3,(H,21,25)/t19-/m1/s1. The highest BCUT2D eigenvalue weighted by Crippen LogP contribution is 2.30. The van der Waals surface area contributed by atoms with Gasteiger partial charge in [-0.2, -0.15) is 5.26 Å². The molecule has 144 valence electrons. The number of nitrogens with zero attached hydrogens (tertiary/aromatic N) is 4. The second-order valence-corrected chi connectivity index (χ2v) is 7.50. The summed E-state index contributed by atoms with van der Waals surface area (Å²) in [6.45, 7) is 8.20. The van der Waals surface area contributed by atoms with Crippen LogP contribution in [0.15, 0.2) is 29.4 Å². The Bertz CT molecular complexity index is 843. The summed E-state index contributed by atoms with van der Waals surface area (Å²) >= 11 is 1.30. The quantitative estimate of drug-likeness (QED) is 0.700. The molecule has 27 heavy (non-hydrogen) atoms. The Kier molecular flexibility index (Phi) is 6.86. The van der Waals surface area contributed by atoms with Crippen molar-refractivity contribution in [3.05, 3.63) is 24.3 Å². The van der Waals surface area contributed by atoms with Crippen molar-refractivity contribution in [3.63, 3.8) is 0 Å². The SMILES string of the molecule is CCn1c(SCC(=O)N[C@](C)(C#N)C(C)C)nnc1-c1ccccc1OC. The molecule has 0 unspecified atom stereocenters. The molecular formula is C19H25N5O2S. The van der Waals surface area contributed by atoms with Gasteiger partial charge in [0.2, 0.25) is 5.91 Å². The van der Waals surface area contributed by atoms with Gasteiger partial charge in [0.05, 0.1) is 24.5 Å². The molecule has 0 spiro atoms. The van der Waals surface area contributed by atoms with E-state index in [1.165, 1.54) is 11.8 Å². The highest BCUT2D eigenvalue weighted by molar-refractivity contribution is 7.99. The summed E-state index contributed by atoms with van der Waals surface area (Å²) in [5.41, 5.74) is -0.0407. The first-order chi connectivity index (χ1) is 12.9. The van der Waals surface area contributed by atoms with Gasteiger partial charge in [-0.05, 0) is 31.9 Å². The molecule has 1 atom stereocenters. The van der Waals surface area contributed by atoms with Crippen molar-refractivity contribution in [3.8, 4) is 23.2 Å². The zero-order valence-electron chi connectivity index (χ0n) is 16.3. The Morgan fingerprint density at radius 3 is 2.70 bits per heavy atom. The highest BCUT2D eigenvalue weighted by atomic mass is 32.2. The summed E-state index contributed by atoms with van der Waals surface area (Å²) in [5.74, 6) is 1.38. The third-order valence-electron chi connectivity index (χ3n) is 4.50. The molecule has 0 aliphatic rings. The van der Waals surface area contributed by atoms with Gasteiger partial charge in [0, 0.05) is 6.54 Å². The van der Waals surface area contributed by atoms with Crippen LogP contribution in [0, 0.1) is 17.2 Å². The van der Waals surface area contributed by atoms with E-state index in [0.717, 1.165) is 11.3 Å². The van der Waals surface area contributed by atoms with Gasteiger partial charge in [-0.3, -0.25) is 4.79 Å². The number of hydrogen-bond acceptors (Lipinski definition) is 6. The molecule has 0 bridgehead atoms. The minimum atomic E-state index is -0.890. The van der Waals surface area contributed by atoms with Crippen LogP contribution in [0.2, 0.25) is 0 Å². The molecule has 0 saturated carbocycles. The lowest BCUT2D eigenvalue weighted by molar-refractivity contribution is -0.120. The van der Waals surface area contributed by atoms with Crippen molar-refractivity contribution in [2.75, 3.05) is 12.9 Å². The molecule has 2 rings (SSSR count). The summed E-state index contributed by atoms with van der Waals surface area (Å²) in [6, 6.07) is 9.80. The maximum atomic E-state index is 12.3. The monoisotopic (exact) mass is 387 g/mol. The Morgan fingerprint density at radius 1 is 1.41 bits per heavy atom. The number of carbonyl (C=O) groups is 1. The van der Waals surface area contributed by atoms with E-state index in [9.17, 15) is 10.1 Å². The van der Waals surface area contributed by atoms with Gasteiger partial charge in [0.1, 0.15) is 11.3 Å². The zero-order valence-corrected chi connectivity index (χ0v) is 17.1. The summed E-state index contributed by atoms with van der Waals surface area (Å²) in [5, 5.41) is 21.3. The molecule has 2 aromatic rings. The Hall–Kier alpha value is -2.53. The molecule has 1 aromatic carbocycles. The van der Waals surface area contributed by atoms with Crippen LogP contribution in [0.3, 0.4) is 0 Å². The van der Waals surface area contributed by atoms with Crippen LogP contribution in [-0.2, 0) is 11.3 Å². The van der Waals surface area contributed by atoms with Gasteiger partial charge in [0.25, 0.3) is 0 Å². The number of para-hydroxylation sites is 1. The largest absolute Gasteiger partial charge is 0.496 e. The lowest BCUT2D eigenvalue weighted by Crippen LogP contribution is -2.49. The van der Waals surface area contributed by atoms with E-state index in [2.05, 4.69) is 21.6 Å². The maximum absolute atomic E-state index is 12.3. The number of rotatable bonds is 8. The van der Waals surface area contributed by atoms with Gasteiger partial charge < -0.3 is 14.6 Å². The molecule has 0 aliphatic carbocycles. The Balaban J connectivity index is 2.16. The normalized spacial score (nSPS) is 13.1. The van der Waals surface area contributed by atoms with Crippen LogP contribution in [0.4, 0.5) is 0 Å². The lowest BCUT2D eigenvalue weighted by Gasteiger charge is -2.27. The number of thioether (sulfide) groups is 1. The number of nitriles is 1. The fraction of sp³-hybridized carbons (Fsp3) is 0.474. The van der Waals surface area contributed by atoms with E-state index in [1.807, 2.05) is 49.6 Å². The first-order valence-corrected chi connectivity index (χ1v) is 9.76. The van der Waals surface area contributed by atoms with Crippen molar-refractivity contribution >= 4 is 17.7 Å². The summed E-state index contributed by atoms with van der Waals surface area (Å²) in [6.07, 6.45) is 0. The Labute approximate surface area is 164 Å². The first kappa shape index (κ1) is 20.8. The molecule has 1 amide bonds. The molecule has 1 aromatic heterocycles. The van der Waals surface area contributed by atoms with Crippen molar-refractivity contribution in [2.45, 2.75) is 44.9 Å². The van der Waals surface area contributed by atoms with E-state index in [4.69, 9.17) is 4.74 Å². The van der Waals surface area contributed by atoms with Gasteiger partial charge in [-0.15, -0.1) is 10.2 Å². The lowest BCUT2D eigenvalue weighted by atomic mass is 9.90. The molecule has 1 N–H and O–H groups in total. The third-order valence-corrected chi connectivity index (χ3v) is 5.47. The number of amides is 1. The topological polar surface area (TPSA) is 92.8 Å². The smallest absolute Gasteiger partial charge is 0.231 e. The van der Waals surface area contributed by atoms with Crippen molar-refractivity contribution in [1.82, 2.24) is 20.1 Å². The summed E-state index contributed by atoms with van der Waals surface area (Å²) in [7, 11) is 1.62. The fourth-order valence-corrected chi connectivity index (χ4v) is 3.27. The number of hydrogen-bond donors (Lipinski definition) is 1. The van der Waals surface area contributed by atoms with Crippen LogP contribution in [-0.4, -0.2) is 39.1 Å². The van der Waals surface area contributed by atoms with Crippen molar-refractivity contribution in [1.29, 1.82) is 5.26 Å². The predicted molar refractivity (Wildman–Crippen MR) is 105 cm³/mol. The average molecular weight is 388 g/mol. The van der Waals surface area contributed by atoms with Gasteiger partial charge in [-0.25, -0.2) is 0 Å². The van der Waals surface area contributed by atoms with Crippen LogP contribution in [0.25, 0.3) is 11.4 Å². The molecule has 0 saturated heterocycles. The number of nitrogens with one attached hydrogen (secondary N) is 1. The summed E-state index contributed by atoms with van der Waals surface area (Å²) in [4.78, 5) is 12.3. The molecule has 0 aliphatic heterocycles. The van der Waals surface area contributed by atoms with E-state index in [1.54, 1.807) is 14.0 Å². The third kappa shape index (κ3) is 4.61. The highest BCUT2D eigenvalue weighted by Gasteiger charge is 2.30. The van der Waals surface area contributed by atoms with Crippen LogP contribution in [0.5, 0.6) is 5.75 Å². The Morgan fingerprint density at radius 2 is 2.11 bits per heavy atom. The molecule has 1 heterocycles.